The van der Waals surface area contributed by atoms with E-state index in [2.05, 4.69) is 27.0 Å². The summed E-state index contributed by atoms with van der Waals surface area (Å²) in [7, 11) is 0. The molecule has 0 aromatic carbocycles. The molecule has 176 valence electrons. The summed E-state index contributed by atoms with van der Waals surface area (Å²) in [4.78, 5) is 23.5. The summed E-state index contributed by atoms with van der Waals surface area (Å²) in [5.74, 6) is 1.81. The third kappa shape index (κ3) is 8.46. The number of carbonyl (C=O) groups excluding carboxylic acids is 2. The molecular weight excluding hydrogens is 388 g/mol. The van der Waals surface area contributed by atoms with E-state index < -0.39 is 0 Å². The highest BCUT2D eigenvalue weighted by molar-refractivity contribution is 5.81. The van der Waals surface area contributed by atoms with Crippen LogP contribution in [0.2, 0.25) is 0 Å². The van der Waals surface area contributed by atoms with Crippen LogP contribution in [0.3, 0.4) is 0 Å². The van der Waals surface area contributed by atoms with E-state index in [1.165, 1.54) is 57.1 Å². The molecule has 6 unspecified atom stereocenters. The zero-order valence-corrected chi connectivity index (χ0v) is 19.9. The van der Waals surface area contributed by atoms with Crippen LogP contribution >= 0.6 is 0 Å². The van der Waals surface area contributed by atoms with Crippen molar-refractivity contribution in [3.05, 3.63) is 25.3 Å². The molecule has 4 heteroatoms. The highest BCUT2D eigenvalue weighted by Gasteiger charge is 2.36. The van der Waals surface area contributed by atoms with E-state index in [0.29, 0.717) is 23.7 Å². The summed E-state index contributed by atoms with van der Waals surface area (Å²) >= 11 is 0. The first-order valence-electron chi connectivity index (χ1n) is 12.7. The minimum atomic E-state index is -0.281. The molecule has 0 amide bonds. The lowest BCUT2D eigenvalue weighted by Gasteiger charge is -2.40. The highest BCUT2D eigenvalue weighted by atomic mass is 16.5. The molecule has 0 aromatic rings. The largest absolute Gasteiger partial charge is 0.459 e. The van der Waals surface area contributed by atoms with E-state index in [1.807, 2.05) is 0 Å². The zero-order chi connectivity index (χ0) is 22.6. The van der Waals surface area contributed by atoms with Gasteiger partial charge in [-0.1, -0.05) is 52.7 Å². The molecule has 31 heavy (non-hydrogen) atoms. The van der Waals surface area contributed by atoms with E-state index >= 15 is 0 Å². The van der Waals surface area contributed by atoms with Gasteiger partial charge in [0.05, 0.1) is 0 Å². The molecule has 0 spiro atoms. The third-order valence-corrected chi connectivity index (χ3v) is 7.43. The molecule has 0 aliphatic heterocycles. The van der Waals surface area contributed by atoms with Gasteiger partial charge in [-0.25, -0.2) is 9.59 Å². The quantitative estimate of drug-likeness (QED) is 0.252. The molecule has 0 N–H and O–H groups in total. The minimum Gasteiger partial charge on any atom is -0.459 e. The molecule has 6 atom stereocenters. The Balaban J connectivity index is 1.93. The Bertz CT molecular complexity index is 534. The van der Waals surface area contributed by atoms with Gasteiger partial charge in [0.1, 0.15) is 12.2 Å². The van der Waals surface area contributed by atoms with Crippen LogP contribution in [0.1, 0.15) is 97.3 Å². The molecule has 0 bridgehead atoms. The Kier molecular flexibility index (Phi) is 11.4. The van der Waals surface area contributed by atoms with Gasteiger partial charge in [-0.05, 0) is 81.5 Å². The maximum atomic E-state index is 11.8. The average molecular weight is 433 g/mol. The fourth-order valence-electron chi connectivity index (χ4n) is 5.81. The first-order chi connectivity index (χ1) is 15.0. The van der Waals surface area contributed by atoms with Crippen LogP contribution in [0.15, 0.2) is 25.3 Å². The summed E-state index contributed by atoms with van der Waals surface area (Å²) in [5.41, 5.74) is 0. The molecule has 0 aromatic heterocycles. The highest BCUT2D eigenvalue weighted by Crippen LogP contribution is 2.42. The van der Waals surface area contributed by atoms with Crippen LogP contribution in [0, 0.1) is 23.7 Å². The Morgan fingerprint density at radius 3 is 1.55 bits per heavy atom. The lowest BCUT2D eigenvalue weighted by atomic mass is 9.69. The maximum Gasteiger partial charge on any atom is 0.330 e. The molecule has 2 aliphatic rings. The number of esters is 2. The molecule has 2 rings (SSSR count). The van der Waals surface area contributed by atoms with Crippen LogP contribution < -0.4 is 0 Å². The average Bonchev–Trinajstić information content (AvgIpc) is 2.78. The van der Waals surface area contributed by atoms with Gasteiger partial charge in [-0.2, -0.15) is 0 Å². The molecular formula is C27H44O4. The maximum absolute atomic E-state index is 11.8. The van der Waals surface area contributed by atoms with Gasteiger partial charge in [0.2, 0.25) is 0 Å². The van der Waals surface area contributed by atoms with Crippen LogP contribution in [0.5, 0.6) is 0 Å². The predicted octanol–water partition coefficient (Wildman–Crippen LogP) is 6.79. The number of rotatable bonds is 12. The smallest absolute Gasteiger partial charge is 0.330 e. The van der Waals surface area contributed by atoms with Crippen LogP contribution in [-0.4, -0.2) is 24.1 Å². The van der Waals surface area contributed by atoms with Crippen molar-refractivity contribution >= 4 is 11.9 Å². The monoisotopic (exact) mass is 432 g/mol. The minimum absolute atomic E-state index is 0.0552. The second kappa shape index (κ2) is 13.8. The van der Waals surface area contributed by atoms with Crippen molar-refractivity contribution in [3.63, 3.8) is 0 Å². The van der Waals surface area contributed by atoms with E-state index in [9.17, 15) is 9.59 Å². The standard InChI is InChI=1S/C27H44O4/c1-5-9-11-22-18-20(13-15-24(22)30-26(28)7-3)17-21-14-16-25(31-27(29)8-4)23(19-21)12-10-6-2/h7-8,20-25H,3-6,9-19H2,1-2H3. The van der Waals surface area contributed by atoms with Crippen molar-refractivity contribution in [3.8, 4) is 0 Å². The molecule has 0 saturated heterocycles. The SMILES string of the molecule is C=CC(=O)OC1CCC(CC2CCC(OC(=O)C=C)C(CCCC)C2)CC1CCCC. The topological polar surface area (TPSA) is 52.6 Å². The lowest BCUT2D eigenvalue weighted by Crippen LogP contribution is -2.36. The Morgan fingerprint density at radius 2 is 1.19 bits per heavy atom. The van der Waals surface area contributed by atoms with Crippen molar-refractivity contribution in [2.24, 2.45) is 23.7 Å². The second-order valence-electron chi connectivity index (χ2n) is 9.76. The molecule has 2 fully saturated rings. The van der Waals surface area contributed by atoms with Gasteiger partial charge < -0.3 is 9.47 Å². The predicted molar refractivity (Wildman–Crippen MR) is 125 cm³/mol. The van der Waals surface area contributed by atoms with Gasteiger partial charge in [-0.3, -0.25) is 0 Å². The molecule has 0 heterocycles. The van der Waals surface area contributed by atoms with Crippen molar-refractivity contribution in [1.82, 2.24) is 0 Å². The molecule has 4 nitrogen and oxygen atoms in total. The van der Waals surface area contributed by atoms with Crippen LogP contribution in [0.25, 0.3) is 0 Å². The van der Waals surface area contributed by atoms with Crippen molar-refractivity contribution in [2.75, 3.05) is 0 Å². The molecule has 2 aliphatic carbocycles. The zero-order valence-electron chi connectivity index (χ0n) is 19.9. The van der Waals surface area contributed by atoms with E-state index in [1.54, 1.807) is 0 Å². The normalized spacial score (nSPS) is 30.9. The molecule has 0 radical (unpaired) electrons. The lowest BCUT2D eigenvalue weighted by molar-refractivity contribution is -0.148. The van der Waals surface area contributed by atoms with Crippen molar-refractivity contribution in [2.45, 2.75) is 110 Å². The fourth-order valence-corrected chi connectivity index (χ4v) is 5.81. The van der Waals surface area contributed by atoms with Gasteiger partial charge in [0, 0.05) is 12.2 Å². The summed E-state index contributed by atoms with van der Waals surface area (Å²) in [5, 5.41) is 0. The summed E-state index contributed by atoms with van der Waals surface area (Å²) in [6.07, 6.45) is 17.5. The summed E-state index contributed by atoms with van der Waals surface area (Å²) in [6, 6.07) is 0. The number of unbranched alkanes of at least 4 members (excludes halogenated alkanes) is 2. The van der Waals surface area contributed by atoms with Gasteiger partial charge in [0.15, 0.2) is 0 Å². The van der Waals surface area contributed by atoms with E-state index in [0.717, 1.165) is 38.5 Å². The van der Waals surface area contributed by atoms with Crippen molar-refractivity contribution in [1.29, 1.82) is 0 Å². The Hall–Kier alpha value is -1.58. The summed E-state index contributed by atoms with van der Waals surface area (Å²) in [6.45, 7) is 11.5. The fraction of sp³-hybridized carbons (Fsp3) is 0.778. The second-order valence-corrected chi connectivity index (χ2v) is 9.76. The first kappa shape index (κ1) is 25.7. The Morgan fingerprint density at radius 1 is 0.774 bits per heavy atom. The summed E-state index contributed by atoms with van der Waals surface area (Å²) < 4.78 is 11.4. The Labute approximate surface area is 189 Å². The first-order valence-corrected chi connectivity index (χ1v) is 12.7. The van der Waals surface area contributed by atoms with Gasteiger partial charge in [0.25, 0.3) is 0 Å². The van der Waals surface area contributed by atoms with Crippen LogP contribution in [0.4, 0.5) is 0 Å². The van der Waals surface area contributed by atoms with Crippen LogP contribution in [-0.2, 0) is 19.1 Å². The number of hydrogen-bond acceptors (Lipinski definition) is 4. The third-order valence-electron chi connectivity index (χ3n) is 7.43. The van der Waals surface area contributed by atoms with Gasteiger partial charge in [-0.15, -0.1) is 0 Å². The number of ether oxygens (including phenoxy) is 2. The number of carbonyl (C=O) groups is 2. The van der Waals surface area contributed by atoms with E-state index in [-0.39, 0.29) is 24.1 Å². The van der Waals surface area contributed by atoms with E-state index in [4.69, 9.17) is 9.47 Å². The molecule has 2 saturated carbocycles. The van der Waals surface area contributed by atoms with Gasteiger partial charge >= 0.3 is 11.9 Å². The number of hydrogen-bond donors (Lipinski definition) is 0. The van der Waals surface area contributed by atoms with Crippen molar-refractivity contribution < 1.29 is 19.1 Å².